The van der Waals surface area contributed by atoms with Crippen LogP contribution in [0.3, 0.4) is 0 Å². The SMILES string of the molecule is COc1ccc2nc(Nc3ccc(C)cc3)sc2c1. The van der Waals surface area contributed by atoms with E-state index in [1.807, 2.05) is 18.2 Å². The summed E-state index contributed by atoms with van der Waals surface area (Å²) >= 11 is 1.62. The van der Waals surface area contributed by atoms with Crippen LogP contribution in [0, 0.1) is 6.92 Å². The van der Waals surface area contributed by atoms with Crippen molar-refractivity contribution in [3.05, 3.63) is 48.0 Å². The summed E-state index contributed by atoms with van der Waals surface area (Å²) in [5, 5.41) is 4.22. The summed E-state index contributed by atoms with van der Waals surface area (Å²) in [7, 11) is 1.67. The number of thiazole rings is 1. The average molecular weight is 270 g/mol. The average Bonchev–Trinajstić information content (AvgIpc) is 2.82. The van der Waals surface area contributed by atoms with Gasteiger partial charge in [-0.05, 0) is 37.3 Å². The molecule has 0 atom stereocenters. The van der Waals surface area contributed by atoms with E-state index in [4.69, 9.17) is 4.74 Å². The van der Waals surface area contributed by atoms with Gasteiger partial charge in [0.15, 0.2) is 5.13 Å². The molecule has 2 aromatic carbocycles. The molecule has 96 valence electrons. The predicted molar refractivity (Wildman–Crippen MR) is 80.6 cm³/mol. The molecule has 0 unspecified atom stereocenters. The Morgan fingerprint density at radius 1 is 1.11 bits per heavy atom. The van der Waals surface area contributed by atoms with Crippen LogP contribution in [-0.2, 0) is 0 Å². The van der Waals surface area contributed by atoms with Gasteiger partial charge < -0.3 is 10.1 Å². The van der Waals surface area contributed by atoms with Gasteiger partial charge in [-0.3, -0.25) is 0 Å². The number of hydrogen-bond acceptors (Lipinski definition) is 4. The van der Waals surface area contributed by atoms with Crippen molar-refractivity contribution < 1.29 is 4.74 Å². The second kappa shape index (κ2) is 4.90. The molecule has 0 bridgehead atoms. The summed E-state index contributed by atoms with van der Waals surface area (Å²) in [5.74, 6) is 0.859. The van der Waals surface area contributed by atoms with Crippen molar-refractivity contribution in [2.75, 3.05) is 12.4 Å². The molecule has 0 aliphatic heterocycles. The molecule has 0 radical (unpaired) electrons. The van der Waals surface area contributed by atoms with Gasteiger partial charge in [0, 0.05) is 5.69 Å². The first-order chi connectivity index (χ1) is 9.24. The Morgan fingerprint density at radius 2 is 1.89 bits per heavy atom. The molecule has 3 nitrogen and oxygen atoms in total. The maximum Gasteiger partial charge on any atom is 0.188 e. The van der Waals surface area contributed by atoms with Gasteiger partial charge in [-0.2, -0.15) is 0 Å². The smallest absolute Gasteiger partial charge is 0.188 e. The molecule has 1 aromatic heterocycles. The first kappa shape index (κ1) is 12.0. The minimum atomic E-state index is 0.859. The predicted octanol–water partition coefficient (Wildman–Crippen LogP) is 4.36. The molecule has 0 aliphatic carbocycles. The van der Waals surface area contributed by atoms with Crippen molar-refractivity contribution in [1.29, 1.82) is 0 Å². The molecule has 0 saturated carbocycles. The second-order valence-corrected chi connectivity index (χ2v) is 5.37. The third kappa shape index (κ3) is 2.53. The normalized spacial score (nSPS) is 10.6. The summed E-state index contributed by atoms with van der Waals surface area (Å²) in [6.07, 6.45) is 0. The van der Waals surface area contributed by atoms with E-state index >= 15 is 0 Å². The molecular weight excluding hydrogens is 256 g/mol. The highest BCUT2D eigenvalue weighted by molar-refractivity contribution is 7.22. The van der Waals surface area contributed by atoms with Gasteiger partial charge in [0.1, 0.15) is 5.75 Å². The largest absolute Gasteiger partial charge is 0.497 e. The van der Waals surface area contributed by atoms with Gasteiger partial charge in [0.2, 0.25) is 0 Å². The Hall–Kier alpha value is -2.07. The molecular formula is C15H14N2OS. The van der Waals surface area contributed by atoms with Crippen LogP contribution in [0.4, 0.5) is 10.8 Å². The summed E-state index contributed by atoms with van der Waals surface area (Å²) < 4.78 is 6.34. The molecule has 3 aromatic rings. The van der Waals surface area contributed by atoms with Gasteiger partial charge >= 0.3 is 0 Å². The van der Waals surface area contributed by atoms with Gasteiger partial charge in [-0.1, -0.05) is 29.0 Å². The van der Waals surface area contributed by atoms with Crippen LogP contribution in [-0.4, -0.2) is 12.1 Å². The zero-order valence-corrected chi connectivity index (χ0v) is 11.6. The molecule has 19 heavy (non-hydrogen) atoms. The van der Waals surface area contributed by atoms with E-state index in [-0.39, 0.29) is 0 Å². The number of aromatic nitrogens is 1. The molecule has 3 rings (SSSR count). The van der Waals surface area contributed by atoms with E-state index in [9.17, 15) is 0 Å². The van der Waals surface area contributed by atoms with E-state index in [0.29, 0.717) is 0 Å². The second-order valence-electron chi connectivity index (χ2n) is 4.34. The fraction of sp³-hybridized carbons (Fsp3) is 0.133. The first-order valence-electron chi connectivity index (χ1n) is 6.03. The van der Waals surface area contributed by atoms with Crippen LogP contribution < -0.4 is 10.1 Å². The van der Waals surface area contributed by atoms with Crippen molar-refractivity contribution in [1.82, 2.24) is 4.98 Å². The summed E-state index contributed by atoms with van der Waals surface area (Å²) in [6.45, 7) is 2.08. The van der Waals surface area contributed by atoms with Crippen LogP contribution in [0.1, 0.15) is 5.56 Å². The summed E-state index contributed by atoms with van der Waals surface area (Å²) in [4.78, 5) is 4.56. The van der Waals surface area contributed by atoms with Crippen molar-refractivity contribution in [3.8, 4) is 5.75 Å². The topological polar surface area (TPSA) is 34.1 Å². The molecule has 0 amide bonds. The van der Waals surface area contributed by atoms with E-state index in [2.05, 4.69) is 41.5 Å². The Balaban J connectivity index is 1.90. The molecule has 0 spiro atoms. The monoisotopic (exact) mass is 270 g/mol. The van der Waals surface area contributed by atoms with Gasteiger partial charge in [-0.15, -0.1) is 0 Å². The molecule has 0 fully saturated rings. The lowest BCUT2D eigenvalue weighted by molar-refractivity contribution is 0.415. The molecule has 0 saturated heterocycles. The lowest BCUT2D eigenvalue weighted by atomic mass is 10.2. The summed E-state index contributed by atoms with van der Waals surface area (Å²) in [5.41, 5.74) is 3.29. The van der Waals surface area contributed by atoms with Gasteiger partial charge in [0.05, 0.1) is 17.3 Å². The van der Waals surface area contributed by atoms with E-state index in [0.717, 1.165) is 26.8 Å². The van der Waals surface area contributed by atoms with Crippen molar-refractivity contribution >= 4 is 32.4 Å². The fourth-order valence-electron chi connectivity index (χ4n) is 1.85. The number of ether oxygens (including phenoxy) is 1. The minimum Gasteiger partial charge on any atom is -0.497 e. The molecule has 1 N–H and O–H groups in total. The number of anilines is 2. The highest BCUT2D eigenvalue weighted by atomic mass is 32.1. The van der Waals surface area contributed by atoms with E-state index < -0.39 is 0 Å². The molecule has 0 aliphatic rings. The highest BCUT2D eigenvalue weighted by Crippen LogP contribution is 2.30. The van der Waals surface area contributed by atoms with Crippen LogP contribution in [0.25, 0.3) is 10.2 Å². The third-order valence-electron chi connectivity index (χ3n) is 2.90. The highest BCUT2D eigenvalue weighted by Gasteiger charge is 2.05. The maximum absolute atomic E-state index is 5.22. The van der Waals surface area contributed by atoms with Crippen molar-refractivity contribution in [3.63, 3.8) is 0 Å². The lowest BCUT2D eigenvalue weighted by Gasteiger charge is -2.01. The van der Waals surface area contributed by atoms with Crippen LogP contribution in [0.15, 0.2) is 42.5 Å². The van der Waals surface area contributed by atoms with Crippen molar-refractivity contribution in [2.24, 2.45) is 0 Å². The number of rotatable bonds is 3. The van der Waals surface area contributed by atoms with Crippen LogP contribution in [0.2, 0.25) is 0 Å². The Morgan fingerprint density at radius 3 is 2.63 bits per heavy atom. The van der Waals surface area contributed by atoms with Gasteiger partial charge in [-0.25, -0.2) is 4.98 Å². The zero-order chi connectivity index (χ0) is 13.2. The maximum atomic E-state index is 5.22. The zero-order valence-electron chi connectivity index (χ0n) is 10.8. The molecule has 4 heteroatoms. The standard InChI is InChI=1S/C15H14N2OS/c1-10-3-5-11(6-4-10)16-15-17-13-8-7-12(18-2)9-14(13)19-15/h3-9H,1-2H3,(H,16,17). The number of benzene rings is 2. The van der Waals surface area contributed by atoms with E-state index in [1.54, 1.807) is 18.4 Å². The Kier molecular flexibility index (Phi) is 3.09. The lowest BCUT2D eigenvalue weighted by Crippen LogP contribution is -1.88. The quantitative estimate of drug-likeness (QED) is 0.768. The third-order valence-corrected chi connectivity index (χ3v) is 3.83. The number of nitrogens with one attached hydrogen (secondary N) is 1. The number of fused-ring (bicyclic) bond motifs is 1. The Bertz CT molecular complexity index is 704. The van der Waals surface area contributed by atoms with E-state index in [1.165, 1.54) is 5.56 Å². The molecule has 1 heterocycles. The first-order valence-corrected chi connectivity index (χ1v) is 6.84. The number of hydrogen-bond donors (Lipinski definition) is 1. The van der Waals surface area contributed by atoms with Crippen LogP contribution >= 0.6 is 11.3 Å². The Labute approximate surface area is 115 Å². The number of aryl methyl sites for hydroxylation is 1. The van der Waals surface area contributed by atoms with Crippen molar-refractivity contribution in [2.45, 2.75) is 6.92 Å². The minimum absolute atomic E-state index is 0.859. The van der Waals surface area contributed by atoms with Gasteiger partial charge in [0.25, 0.3) is 0 Å². The number of methoxy groups -OCH3 is 1. The summed E-state index contributed by atoms with van der Waals surface area (Å²) in [6, 6.07) is 14.2. The number of nitrogens with zero attached hydrogens (tertiary/aromatic N) is 1. The van der Waals surface area contributed by atoms with Crippen LogP contribution in [0.5, 0.6) is 5.75 Å². The fourth-order valence-corrected chi connectivity index (χ4v) is 2.76.